The zero-order valence-electron chi connectivity index (χ0n) is 19.5. The van der Waals surface area contributed by atoms with Crippen LogP contribution in [0.2, 0.25) is 0 Å². The molecule has 36 heavy (non-hydrogen) atoms. The number of amides is 3. The van der Waals surface area contributed by atoms with E-state index in [0.29, 0.717) is 12.0 Å². The summed E-state index contributed by atoms with van der Waals surface area (Å²) >= 11 is 0. The molecular formula is C26H27N3O7. The first kappa shape index (κ1) is 24.0. The number of hydrogen-bond acceptors (Lipinski definition) is 7. The smallest absolute Gasteiger partial charge is 0.310 e. The quantitative estimate of drug-likeness (QED) is 0.420. The number of carbonyl (C=O) groups is 4. The van der Waals surface area contributed by atoms with Gasteiger partial charge in [0.15, 0.2) is 0 Å². The molecule has 5 rings (SSSR count). The van der Waals surface area contributed by atoms with Gasteiger partial charge in [-0.05, 0) is 35.7 Å². The Labute approximate surface area is 207 Å². The molecule has 0 aromatic heterocycles. The summed E-state index contributed by atoms with van der Waals surface area (Å²) in [5.74, 6) is -1.95. The number of ether oxygens (including phenoxy) is 2. The standard InChI is InChI=1S/C26H27N3O7/c30-22-12-20(26(34)36-22)28-24(32)21-14-35-13-18-7-3-4-8-19(25(33)29(18)21)27-23(31)17-10-9-15-5-1-2-6-16(15)11-17/h1-6,9-11,18-21,26,34H,7-8,12-14H2,(H,27,31)(H,28,32)/b4-3-/t18-,19-,20-,21-,26?/m0/s1. The Morgan fingerprint density at radius 1 is 0.972 bits per heavy atom. The van der Waals surface area contributed by atoms with Crippen LogP contribution in [0.15, 0.2) is 54.6 Å². The van der Waals surface area contributed by atoms with E-state index in [9.17, 15) is 24.3 Å². The fraction of sp³-hybridized carbons (Fsp3) is 0.385. The largest absolute Gasteiger partial charge is 0.434 e. The van der Waals surface area contributed by atoms with Crippen molar-refractivity contribution in [3.05, 3.63) is 60.2 Å². The third-order valence-corrected chi connectivity index (χ3v) is 6.74. The van der Waals surface area contributed by atoms with Gasteiger partial charge in [0.2, 0.25) is 18.1 Å². The van der Waals surface area contributed by atoms with Crippen molar-refractivity contribution < 1.29 is 33.8 Å². The molecule has 1 unspecified atom stereocenters. The number of cyclic esters (lactones) is 1. The summed E-state index contributed by atoms with van der Waals surface area (Å²) in [6.07, 6.45) is 2.93. The molecule has 3 heterocycles. The van der Waals surface area contributed by atoms with Crippen molar-refractivity contribution in [2.75, 3.05) is 13.2 Å². The molecule has 0 radical (unpaired) electrons. The van der Waals surface area contributed by atoms with Gasteiger partial charge in [0, 0.05) is 5.56 Å². The van der Waals surface area contributed by atoms with E-state index in [1.54, 1.807) is 12.1 Å². The van der Waals surface area contributed by atoms with Gasteiger partial charge in [-0.3, -0.25) is 19.2 Å². The Morgan fingerprint density at radius 2 is 1.75 bits per heavy atom. The third-order valence-electron chi connectivity index (χ3n) is 6.74. The molecule has 2 fully saturated rings. The number of rotatable bonds is 4. The molecule has 3 amide bonds. The summed E-state index contributed by atoms with van der Waals surface area (Å²) in [6.45, 7) is 0.208. The lowest BCUT2D eigenvalue weighted by Gasteiger charge is -2.43. The Hall–Kier alpha value is -3.76. The van der Waals surface area contributed by atoms with E-state index < -0.39 is 42.3 Å². The van der Waals surface area contributed by atoms with Crippen molar-refractivity contribution in [3.63, 3.8) is 0 Å². The molecule has 0 bridgehead atoms. The van der Waals surface area contributed by atoms with Crippen LogP contribution in [0.25, 0.3) is 10.8 Å². The fourth-order valence-corrected chi connectivity index (χ4v) is 4.85. The highest BCUT2D eigenvalue weighted by atomic mass is 16.6. The lowest BCUT2D eigenvalue weighted by atomic mass is 9.99. The molecule has 2 aromatic rings. The zero-order chi connectivity index (χ0) is 25.2. The van der Waals surface area contributed by atoms with Crippen LogP contribution in [0.3, 0.4) is 0 Å². The minimum atomic E-state index is -1.44. The predicted octanol–water partition coefficient (Wildman–Crippen LogP) is 0.634. The van der Waals surface area contributed by atoms with Crippen LogP contribution >= 0.6 is 0 Å². The molecule has 0 saturated carbocycles. The second-order valence-corrected chi connectivity index (χ2v) is 9.18. The van der Waals surface area contributed by atoms with Gasteiger partial charge in [0.1, 0.15) is 18.1 Å². The first-order valence-electron chi connectivity index (χ1n) is 11.9. The van der Waals surface area contributed by atoms with Crippen LogP contribution in [0.4, 0.5) is 0 Å². The van der Waals surface area contributed by atoms with Crippen molar-refractivity contribution in [2.45, 2.75) is 49.7 Å². The van der Waals surface area contributed by atoms with Gasteiger partial charge in [-0.15, -0.1) is 0 Å². The molecule has 0 aliphatic carbocycles. The summed E-state index contributed by atoms with van der Waals surface area (Å²) in [5.41, 5.74) is 0.431. The number of morpholine rings is 1. The number of fused-ring (bicyclic) bond motifs is 2. The first-order chi connectivity index (χ1) is 17.4. The van der Waals surface area contributed by atoms with E-state index in [-0.39, 0.29) is 37.9 Å². The van der Waals surface area contributed by atoms with Crippen molar-refractivity contribution >= 4 is 34.5 Å². The molecule has 2 saturated heterocycles. The second-order valence-electron chi connectivity index (χ2n) is 9.18. The Balaban J connectivity index is 1.34. The minimum absolute atomic E-state index is 0.0409. The number of hydrogen-bond donors (Lipinski definition) is 3. The number of aliphatic hydroxyl groups excluding tert-OH is 1. The maximum Gasteiger partial charge on any atom is 0.310 e. The molecule has 5 atom stereocenters. The van der Waals surface area contributed by atoms with E-state index >= 15 is 0 Å². The number of nitrogens with one attached hydrogen (secondary N) is 2. The number of carbonyl (C=O) groups excluding carboxylic acids is 4. The van der Waals surface area contributed by atoms with Crippen molar-refractivity contribution in [3.8, 4) is 0 Å². The summed E-state index contributed by atoms with van der Waals surface area (Å²) < 4.78 is 10.3. The van der Waals surface area contributed by atoms with Crippen LogP contribution in [0.5, 0.6) is 0 Å². The fourth-order valence-electron chi connectivity index (χ4n) is 4.85. The van der Waals surface area contributed by atoms with Gasteiger partial charge in [-0.2, -0.15) is 0 Å². The normalized spacial score (nSPS) is 29.0. The van der Waals surface area contributed by atoms with Crippen molar-refractivity contribution in [1.82, 2.24) is 15.5 Å². The van der Waals surface area contributed by atoms with Crippen LogP contribution in [0.1, 0.15) is 29.6 Å². The Morgan fingerprint density at radius 3 is 2.53 bits per heavy atom. The van der Waals surface area contributed by atoms with E-state index in [1.165, 1.54) is 4.90 Å². The van der Waals surface area contributed by atoms with Gasteiger partial charge >= 0.3 is 5.97 Å². The summed E-state index contributed by atoms with van der Waals surface area (Å²) in [5, 5.41) is 17.2. The molecule has 3 aliphatic rings. The monoisotopic (exact) mass is 493 g/mol. The molecule has 2 aromatic carbocycles. The molecule has 3 N–H and O–H groups in total. The first-order valence-corrected chi connectivity index (χ1v) is 11.9. The highest BCUT2D eigenvalue weighted by Gasteiger charge is 2.44. The molecule has 3 aliphatic heterocycles. The van der Waals surface area contributed by atoms with E-state index in [1.807, 2.05) is 42.5 Å². The highest BCUT2D eigenvalue weighted by molar-refractivity contribution is 6.01. The average Bonchev–Trinajstić information content (AvgIpc) is 3.19. The van der Waals surface area contributed by atoms with Gasteiger partial charge in [-0.1, -0.05) is 42.5 Å². The van der Waals surface area contributed by atoms with Crippen LogP contribution in [-0.2, 0) is 23.9 Å². The number of nitrogens with zero attached hydrogens (tertiary/aromatic N) is 1. The lowest BCUT2D eigenvalue weighted by molar-refractivity contribution is -0.159. The van der Waals surface area contributed by atoms with Crippen molar-refractivity contribution in [2.24, 2.45) is 0 Å². The van der Waals surface area contributed by atoms with Gasteiger partial charge in [-0.25, -0.2) is 0 Å². The van der Waals surface area contributed by atoms with Crippen LogP contribution in [0, 0.1) is 0 Å². The molecular weight excluding hydrogens is 466 g/mol. The average molecular weight is 494 g/mol. The van der Waals surface area contributed by atoms with E-state index in [4.69, 9.17) is 4.74 Å². The van der Waals surface area contributed by atoms with Gasteiger partial charge in [0.05, 0.1) is 25.7 Å². The minimum Gasteiger partial charge on any atom is -0.434 e. The van der Waals surface area contributed by atoms with Crippen LogP contribution < -0.4 is 10.6 Å². The summed E-state index contributed by atoms with van der Waals surface area (Å²) in [6, 6.07) is 9.87. The van der Waals surface area contributed by atoms with Crippen molar-refractivity contribution in [1.29, 1.82) is 0 Å². The van der Waals surface area contributed by atoms with Gasteiger partial charge < -0.3 is 30.1 Å². The Kier molecular flexibility index (Phi) is 6.71. The topological polar surface area (TPSA) is 134 Å². The predicted molar refractivity (Wildman–Crippen MR) is 127 cm³/mol. The SMILES string of the molecule is O=C1C[C@H](NC(=O)[C@@H]2COC[C@@H]3C/C=C\C[C@H](NC(=O)c4ccc5ccccc5c4)C(=O)N32)C(O)O1. The summed E-state index contributed by atoms with van der Waals surface area (Å²) in [4.78, 5) is 52.8. The molecule has 0 spiro atoms. The van der Waals surface area contributed by atoms with E-state index in [2.05, 4.69) is 15.4 Å². The maximum atomic E-state index is 13.7. The summed E-state index contributed by atoms with van der Waals surface area (Å²) in [7, 11) is 0. The molecule has 10 nitrogen and oxygen atoms in total. The maximum absolute atomic E-state index is 13.7. The molecule has 10 heteroatoms. The van der Waals surface area contributed by atoms with Gasteiger partial charge in [0.25, 0.3) is 5.91 Å². The number of aliphatic hydroxyl groups is 1. The number of benzene rings is 2. The van der Waals surface area contributed by atoms with Crippen LogP contribution in [-0.4, -0.2) is 77.4 Å². The van der Waals surface area contributed by atoms with E-state index in [0.717, 1.165) is 10.8 Å². The second kappa shape index (κ2) is 10.1. The lowest BCUT2D eigenvalue weighted by Crippen LogP contribution is -2.65. The third kappa shape index (κ3) is 4.82. The highest BCUT2D eigenvalue weighted by Crippen LogP contribution is 2.23. The Bertz CT molecular complexity index is 1230. The zero-order valence-corrected chi connectivity index (χ0v) is 19.5. The molecule has 188 valence electrons. The number of esters is 1.